The second-order valence-corrected chi connectivity index (χ2v) is 9.23. The number of carbonyl (C=O) groups excluding carboxylic acids is 1. The fourth-order valence-corrected chi connectivity index (χ4v) is 6.48. The Kier molecular flexibility index (Phi) is 6.38. The third kappa shape index (κ3) is 3.67. The molecule has 1 aromatic heterocycles. The number of piperidine rings is 1. The molecule has 5 atom stereocenters. The van der Waals surface area contributed by atoms with Crippen molar-refractivity contribution in [2.75, 3.05) is 20.2 Å². The standard InChI is InChI=1S/C25H31N3O2.ClH/c1-30-25(18-12-13-27-22(14-18)24(26)29)19-8-5-9-20(25)16-28(15-19)23-11-10-21(23)17-6-3-2-4-7-17;/h2-4,6-7,12-14,19-21,23H,5,8-11,15-16H2,1H3,(H2,26,29);1H/t19-,20+,21-,23-,25-;/m1./s1. The molecule has 2 saturated carbocycles. The third-order valence-corrected chi connectivity index (χ3v) is 7.96. The van der Waals surface area contributed by atoms with Gasteiger partial charge in [0, 0.05) is 44.3 Å². The number of hydrogen-bond acceptors (Lipinski definition) is 4. The summed E-state index contributed by atoms with van der Waals surface area (Å²) in [6, 6.07) is 15.5. The second-order valence-electron chi connectivity index (χ2n) is 9.23. The van der Waals surface area contributed by atoms with Gasteiger partial charge in [-0.1, -0.05) is 36.8 Å². The minimum absolute atomic E-state index is 0. The lowest BCUT2D eigenvalue weighted by molar-refractivity contribution is -0.179. The SMILES string of the molecule is CO[C@]1(c2ccnc(C(N)=O)c2)[C@@H]2CCC[C@H]1CN([C@@H]1CC[C@@H]1c1ccccc1)C2.Cl. The van der Waals surface area contributed by atoms with Gasteiger partial charge in [0.05, 0.1) is 0 Å². The molecule has 2 heterocycles. The fourth-order valence-electron chi connectivity index (χ4n) is 6.48. The van der Waals surface area contributed by atoms with E-state index in [1.165, 1.54) is 24.8 Å². The molecule has 1 saturated heterocycles. The maximum Gasteiger partial charge on any atom is 0.267 e. The molecule has 0 unspecified atom stereocenters. The summed E-state index contributed by atoms with van der Waals surface area (Å²) in [6.45, 7) is 2.10. The molecule has 3 aliphatic rings. The molecular weight excluding hydrogens is 410 g/mol. The van der Waals surface area contributed by atoms with Crippen molar-refractivity contribution in [3.63, 3.8) is 0 Å². The van der Waals surface area contributed by atoms with Crippen LogP contribution in [0.15, 0.2) is 48.7 Å². The molecule has 166 valence electrons. The number of benzene rings is 1. The number of hydrogen-bond donors (Lipinski definition) is 1. The highest BCUT2D eigenvalue weighted by atomic mass is 35.5. The summed E-state index contributed by atoms with van der Waals surface area (Å²) in [5.74, 6) is 0.987. The molecule has 1 amide bonds. The van der Waals surface area contributed by atoms with Crippen molar-refractivity contribution in [1.29, 1.82) is 0 Å². The van der Waals surface area contributed by atoms with E-state index in [1.54, 1.807) is 6.20 Å². The van der Waals surface area contributed by atoms with E-state index >= 15 is 0 Å². The summed E-state index contributed by atoms with van der Waals surface area (Å²) in [4.78, 5) is 18.6. The van der Waals surface area contributed by atoms with E-state index in [1.807, 2.05) is 19.2 Å². The number of methoxy groups -OCH3 is 1. The number of nitrogens with two attached hydrogens (primary N) is 1. The Balaban J connectivity index is 0.00000231. The molecule has 0 spiro atoms. The number of primary amides is 1. The van der Waals surface area contributed by atoms with Gasteiger partial charge < -0.3 is 10.5 Å². The Labute approximate surface area is 190 Å². The van der Waals surface area contributed by atoms with E-state index in [2.05, 4.69) is 40.2 Å². The highest BCUT2D eigenvalue weighted by Crippen LogP contribution is 2.53. The number of halogens is 1. The van der Waals surface area contributed by atoms with Crippen molar-refractivity contribution in [2.24, 2.45) is 17.6 Å². The van der Waals surface area contributed by atoms with Crippen LogP contribution in [0.25, 0.3) is 0 Å². The zero-order valence-corrected chi connectivity index (χ0v) is 18.9. The van der Waals surface area contributed by atoms with Crippen LogP contribution in [-0.4, -0.2) is 42.0 Å². The van der Waals surface area contributed by atoms with E-state index in [0.717, 1.165) is 31.5 Å². The zero-order chi connectivity index (χ0) is 20.7. The Hall–Kier alpha value is -1.95. The van der Waals surface area contributed by atoms with Crippen molar-refractivity contribution >= 4 is 18.3 Å². The number of nitrogens with zero attached hydrogens (tertiary/aromatic N) is 2. The van der Waals surface area contributed by atoms with E-state index in [0.29, 0.717) is 29.5 Å². The Bertz CT molecular complexity index is 908. The number of carbonyl (C=O) groups is 1. The second kappa shape index (κ2) is 8.89. The first-order valence-electron chi connectivity index (χ1n) is 11.2. The number of aromatic nitrogens is 1. The predicted molar refractivity (Wildman–Crippen MR) is 123 cm³/mol. The number of fused-ring (bicyclic) bond motifs is 2. The van der Waals surface area contributed by atoms with Gasteiger partial charge in [-0.15, -0.1) is 12.4 Å². The summed E-state index contributed by atoms with van der Waals surface area (Å²) >= 11 is 0. The number of ether oxygens (including phenoxy) is 1. The van der Waals surface area contributed by atoms with Gasteiger partial charge in [-0.05, 0) is 54.9 Å². The smallest absolute Gasteiger partial charge is 0.267 e. The van der Waals surface area contributed by atoms with Crippen LogP contribution >= 0.6 is 12.4 Å². The third-order valence-electron chi connectivity index (χ3n) is 7.96. The van der Waals surface area contributed by atoms with Crippen molar-refractivity contribution < 1.29 is 9.53 Å². The molecule has 0 radical (unpaired) electrons. The monoisotopic (exact) mass is 441 g/mol. The van der Waals surface area contributed by atoms with E-state index in [-0.39, 0.29) is 18.0 Å². The highest BCUT2D eigenvalue weighted by Gasteiger charge is 2.55. The van der Waals surface area contributed by atoms with Crippen LogP contribution in [0.1, 0.15) is 59.6 Å². The van der Waals surface area contributed by atoms with Crippen molar-refractivity contribution in [2.45, 2.75) is 49.7 Å². The lowest BCUT2D eigenvalue weighted by Gasteiger charge is -2.58. The zero-order valence-electron chi connectivity index (χ0n) is 18.1. The van der Waals surface area contributed by atoms with Crippen LogP contribution in [0.2, 0.25) is 0 Å². The summed E-state index contributed by atoms with van der Waals surface area (Å²) in [7, 11) is 1.83. The van der Waals surface area contributed by atoms with Crippen molar-refractivity contribution in [3.8, 4) is 0 Å². The van der Waals surface area contributed by atoms with Crippen LogP contribution in [-0.2, 0) is 10.3 Å². The maximum absolute atomic E-state index is 11.7. The summed E-state index contributed by atoms with van der Waals surface area (Å²) in [5.41, 5.74) is 8.03. The number of rotatable bonds is 5. The average Bonchev–Trinajstić information content (AvgIpc) is 2.73. The van der Waals surface area contributed by atoms with Gasteiger partial charge in [-0.25, -0.2) is 0 Å². The Morgan fingerprint density at radius 1 is 1.10 bits per heavy atom. The first kappa shape index (κ1) is 22.3. The highest BCUT2D eigenvalue weighted by molar-refractivity contribution is 5.90. The molecule has 5 nitrogen and oxygen atoms in total. The number of likely N-dealkylation sites (tertiary alicyclic amines) is 1. The molecular formula is C25H32ClN3O2. The van der Waals surface area contributed by atoms with Crippen molar-refractivity contribution in [3.05, 3.63) is 65.5 Å². The quantitative estimate of drug-likeness (QED) is 0.757. The summed E-state index contributed by atoms with van der Waals surface area (Å²) in [6.07, 6.45) is 7.81. The summed E-state index contributed by atoms with van der Waals surface area (Å²) < 4.78 is 6.35. The van der Waals surface area contributed by atoms with Gasteiger partial charge in [0.2, 0.25) is 0 Å². The van der Waals surface area contributed by atoms with E-state index < -0.39 is 5.91 Å². The van der Waals surface area contributed by atoms with Gasteiger partial charge in [0.25, 0.3) is 5.91 Å². The fraction of sp³-hybridized carbons (Fsp3) is 0.520. The minimum Gasteiger partial charge on any atom is -0.373 e. The largest absolute Gasteiger partial charge is 0.373 e. The van der Waals surface area contributed by atoms with Crippen LogP contribution in [0, 0.1) is 11.8 Å². The normalized spacial score (nSPS) is 32.5. The van der Waals surface area contributed by atoms with E-state index in [4.69, 9.17) is 10.5 Å². The topological polar surface area (TPSA) is 68.5 Å². The number of pyridine rings is 1. The molecule has 1 aliphatic heterocycles. The predicted octanol–water partition coefficient (Wildman–Crippen LogP) is 4.12. The number of amides is 1. The molecule has 2 N–H and O–H groups in total. The lowest BCUT2D eigenvalue weighted by atomic mass is 9.61. The Morgan fingerprint density at radius 3 is 2.39 bits per heavy atom. The molecule has 3 fully saturated rings. The molecule has 2 aliphatic carbocycles. The van der Waals surface area contributed by atoms with Gasteiger partial charge in [-0.3, -0.25) is 14.7 Å². The average molecular weight is 442 g/mol. The first-order chi connectivity index (χ1) is 14.6. The van der Waals surface area contributed by atoms with Gasteiger partial charge >= 0.3 is 0 Å². The van der Waals surface area contributed by atoms with Crippen LogP contribution in [0.3, 0.4) is 0 Å². The molecule has 6 heteroatoms. The Morgan fingerprint density at radius 2 is 1.81 bits per heavy atom. The minimum atomic E-state index is -0.481. The van der Waals surface area contributed by atoms with Crippen LogP contribution < -0.4 is 5.73 Å². The molecule has 2 aromatic rings. The molecule has 2 bridgehead atoms. The van der Waals surface area contributed by atoms with Gasteiger partial charge in [-0.2, -0.15) is 0 Å². The van der Waals surface area contributed by atoms with Gasteiger partial charge in [0.1, 0.15) is 11.3 Å². The summed E-state index contributed by atoms with van der Waals surface area (Å²) in [5, 5.41) is 0. The van der Waals surface area contributed by atoms with Crippen LogP contribution in [0.4, 0.5) is 0 Å². The first-order valence-corrected chi connectivity index (χ1v) is 11.2. The maximum atomic E-state index is 11.7. The van der Waals surface area contributed by atoms with Crippen LogP contribution in [0.5, 0.6) is 0 Å². The lowest BCUT2D eigenvalue weighted by Crippen LogP contribution is -2.62. The molecule has 1 aromatic carbocycles. The van der Waals surface area contributed by atoms with E-state index in [9.17, 15) is 4.79 Å². The molecule has 31 heavy (non-hydrogen) atoms. The van der Waals surface area contributed by atoms with Crippen molar-refractivity contribution in [1.82, 2.24) is 9.88 Å². The van der Waals surface area contributed by atoms with Gasteiger partial charge in [0.15, 0.2) is 0 Å². The molecule has 5 rings (SSSR count).